The van der Waals surface area contributed by atoms with Crippen molar-refractivity contribution in [2.45, 2.75) is 218 Å². The van der Waals surface area contributed by atoms with Crippen molar-refractivity contribution in [2.75, 3.05) is 6.61 Å². The van der Waals surface area contributed by atoms with E-state index < -0.39 is 36.9 Å². The normalized spacial score (nSPS) is 14.7. The second-order valence-electron chi connectivity index (χ2n) is 14.0. The maximum absolute atomic E-state index is 12.5. The predicted molar refractivity (Wildman–Crippen MR) is 205 cm³/mol. The van der Waals surface area contributed by atoms with Gasteiger partial charge >= 0.3 is 0 Å². The van der Waals surface area contributed by atoms with Crippen molar-refractivity contribution >= 4 is 5.91 Å². The number of hydrogen-bond donors (Lipinski definition) is 5. The molecule has 48 heavy (non-hydrogen) atoms. The zero-order chi connectivity index (χ0) is 35.3. The molecular weight excluding hydrogens is 598 g/mol. The number of rotatable bonds is 36. The molecule has 4 unspecified atom stereocenters. The average Bonchev–Trinajstić information content (AvgIpc) is 3.09. The van der Waals surface area contributed by atoms with Gasteiger partial charge in [-0.05, 0) is 77.0 Å². The van der Waals surface area contributed by atoms with Crippen molar-refractivity contribution in [1.82, 2.24) is 5.32 Å². The fraction of sp³-hybridized carbons (Fsp3) is 0.833. The highest BCUT2D eigenvalue weighted by Crippen LogP contribution is 2.14. The summed E-state index contributed by atoms with van der Waals surface area (Å²) in [6.45, 7) is 4.00. The zero-order valence-corrected chi connectivity index (χ0v) is 31.5. The molecule has 0 aliphatic carbocycles. The monoisotopic (exact) mass is 678 g/mol. The van der Waals surface area contributed by atoms with Crippen molar-refractivity contribution in [3.8, 4) is 0 Å². The van der Waals surface area contributed by atoms with Crippen LogP contribution in [0.3, 0.4) is 0 Å². The second kappa shape index (κ2) is 36.8. The van der Waals surface area contributed by atoms with Gasteiger partial charge in [-0.2, -0.15) is 0 Å². The molecule has 282 valence electrons. The molecule has 0 fully saturated rings. The molecule has 0 saturated heterocycles. The van der Waals surface area contributed by atoms with E-state index in [-0.39, 0.29) is 0 Å². The van der Waals surface area contributed by atoms with E-state index in [0.717, 1.165) is 51.4 Å². The number of carbonyl (C=O) groups excluding carboxylic acids is 1. The summed E-state index contributed by atoms with van der Waals surface area (Å²) in [6.07, 6.45) is 41.7. The molecule has 0 spiro atoms. The molecule has 6 heteroatoms. The van der Waals surface area contributed by atoms with E-state index in [9.17, 15) is 25.2 Å². The number of nitrogens with one attached hydrogen (secondary N) is 1. The molecule has 4 atom stereocenters. The molecule has 0 aliphatic rings. The molecule has 0 heterocycles. The van der Waals surface area contributed by atoms with Crippen LogP contribution in [0, 0.1) is 0 Å². The lowest BCUT2D eigenvalue weighted by Gasteiger charge is -2.27. The van der Waals surface area contributed by atoms with Crippen LogP contribution >= 0.6 is 0 Å². The van der Waals surface area contributed by atoms with Gasteiger partial charge in [-0.15, -0.1) is 0 Å². The molecule has 0 aromatic carbocycles. The van der Waals surface area contributed by atoms with Crippen LogP contribution in [0.1, 0.15) is 194 Å². The fourth-order valence-corrected chi connectivity index (χ4v) is 6.00. The Labute approximate surface area is 297 Å². The van der Waals surface area contributed by atoms with Crippen molar-refractivity contribution in [2.24, 2.45) is 0 Å². The summed E-state index contributed by atoms with van der Waals surface area (Å²) >= 11 is 0. The minimum Gasteiger partial charge on any atom is -0.394 e. The lowest BCUT2D eigenvalue weighted by molar-refractivity contribution is -0.132. The van der Waals surface area contributed by atoms with Gasteiger partial charge in [-0.25, -0.2) is 0 Å². The molecule has 0 radical (unpaired) electrons. The van der Waals surface area contributed by atoms with Crippen molar-refractivity contribution in [3.05, 3.63) is 36.5 Å². The number of allylic oxidation sites excluding steroid dienone is 6. The van der Waals surface area contributed by atoms with Gasteiger partial charge in [0, 0.05) is 0 Å². The van der Waals surface area contributed by atoms with Gasteiger partial charge in [0.25, 0.3) is 0 Å². The summed E-state index contributed by atoms with van der Waals surface area (Å²) in [4.78, 5) is 12.5. The summed E-state index contributed by atoms with van der Waals surface area (Å²) in [5.74, 6) is -0.605. The van der Waals surface area contributed by atoms with Crippen LogP contribution in [0.4, 0.5) is 0 Å². The quantitative estimate of drug-likeness (QED) is 0.0335. The van der Waals surface area contributed by atoms with E-state index in [1.54, 1.807) is 0 Å². The number of amides is 1. The first-order valence-electron chi connectivity index (χ1n) is 20.4. The van der Waals surface area contributed by atoms with Gasteiger partial charge in [0.2, 0.25) is 5.91 Å². The van der Waals surface area contributed by atoms with Crippen LogP contribution in [0.2, 0.25) is 0 Å². The maximum Gasteiger partial charge on any atom is 0.249 e. The number of unbranched alkanes of at least 4 members (excludes halogenated alkanes) is 21. The van der Waals surface area contributed by atoms with Crippen LogP contribution in [-0.4, -0.2) is 57.3 Å². The third-order valence-electron chi connectivity index (χ3n) is 9.30. The van der Waals surface area contributed by atoms with Gasteiger partial charge in [-0.1, -0.05) is 153 Å². The molecule has 0 rings (SSSR count). The van der Waals surface area contributed by atoms with Crippen LogP contribution in [0.25, 0.3) is 0 Å². The first kappa shape index (κ1) is 46.5. The van der Waals surface area contributed by atoms with E-state index in [4.69, 9.17) is 0 Å². The van der Waals surface area contributed by atoms with Crippen LogP contribution < -0.4 is 5.32 Å². The minimum atomic E-state index is -1.29. The summed E-state index contributed by atoms with van der Waals surface area (Å²) in [7, 11) is 0. The van der Waals surface area contributed by atoms with Crippen LogP contribution in [0.5, 0.6) is 0 Å². The third-order valence-corrected chi connectivity index (χ3v) is 9.30. The van der Waals surface area contributed by atoms with Gasteiger partial charge < -0.3 is 25.7 Å². The lowest BCUT2D eigenvalue weighted by Crippen LogP contribution is -2.53. The average molecular weight is 678 g/mol. The van der Waals surface area contributed by atoms with Crippen LogP contribution in [0.15, 0.2) is 36.5 Å². The summed E-state index contributed by atoms with van der Waals surface area (Å²) in [5, 5.41) is 43.5. The van der Waals surface area contributed by atoms with Crippen LogP contribution in [-0.2, 0) is 4.79 Å². The molecular formula is C42H79NO5. The molecule has 1 amide bonds. The molecule has 6 nitrogen and oxygen atoms in total. The van der Waals surface area contributed by atoms with Gasteiger partial charge in [0.05, 0.1) is 18.8 Å². The second-order valence-corrected chi connectivity index (χ2v) is 14.0. The molecule has 0 aliphatic heterocycles. The minimum absolute atomic E-state index is 0.352. The van der Waals surface area contributed by atoms with E-state index in [0.29, 0.717) is 19.3 Å². The van der Waals surface area contributed by atoms with Gasteiger partial charge in [0.1, 0.15) is 12.2 Å². The Morgan fingerprint density at radius 3 is 1.33 bits per heavy atom. The molecule has 0 saturated carbocycles. The zero-order valence-electron chi connectivity index (χ0n) is 31.5. The van der Waals surface area contributed by atoms with Crippen molar-refractivity contribution < 1.29 is 25.2 Å². The number of aliphatic hydroxyl groups is 4. The topological polar surface area (TPSA) is 110 Å². The Kier molecular flexibility index (Phi) is 35.7. The smallest absolute Gasteiger partial charge is 0.249 e. The largest absolute Gasteiger partial charge is 0.394 e. The Hall–Kier alpha value is -1.47. The molecule has 0 aromatic rings. The number of hydrogen-bond acceptors (Lipinski definition) is 5. The molecule has 0 aromatic heterocycles. The Bertz CT molecular complexity index is 767. The Morgan fingerprint density at radius 1 is 0.500 bits per heavy atom. The van der Waals surface area contributed by atoms with Gasteiger partial charge in [0.15, 0.2) is 0 Å². The summed E-state index contributed by atoms with van der Waals surface area (Å²) < 4.78 is 0. The van der Waals surface area contributed by atoms with Crippen molar-refractivity contribution in [3.63, 3.8) is 0 Å². The highest BCUT2D eigenvalue weighted by molar-refractivity contribution is 5.80. The van der Waals surface area contributed by atoms with E-state index in [2.05, 4.69) is 55.6 Å². The first-order valence-corrected chi connectivity index (χ1v) is 20.4. The Morgan fingerprint density at radius 2 is 0.875 bits per heavy atom. The van der Waals surface area contributed by atoms with E-state index in [1.807, 2.05) is 0 Å². The highest BCUT2D eigenvalue weighted by atomic mass is 16.3. The highest BCUT2D eigenvalue weighted by Gasteiger charge is 2.28. The molecule has 0 bridgehead atoms. The third kappa shape index (κ3) is 30.6. The van der Waals surface area contributed by atoms with E-state index >= 15 is 0 Å². The standard InChI is InChI=1S/C42H79NO5/c1-3-5-7-9-11-13-15-17-19-20-21-22-24-25-27-29-31-33-35-39(45)41(47)38(37-44)43-42(48)40(46)36-34-32-30-28-26-23-18-16-14-12-10-8-6-4-2/h14,16,21-22,27,29,38-41,44-47H,3-13,15,17-20,23-26,28,30-37H2,1-2H3,(H,43,48)/b16-14-,22-21+,29-27+. The number of aliphatic hydroxyl groups excluding tert-OH is 4. The Balaban J connectivity index is 3.86. The van der Waals surface area contributed by atoms with Crippen molar-refractivity contribution in [1.29, 1.82) is 0 Å². The molecule has 5 N–H and O–H groups in total. The summed E-state index contributed by atoms with van der Waals surface area (Å²) in [6, 6.07) is -1.01. The van der Waals surface area contributed by atoms with E-state index in [1.165, 1.54) is 109 Å². The number of carbonyl (C=O) groups is 1. The fourth-order valence-electron chi connectivity index (χ4n) is 6.00. The lowest BCUT2D eigenvalue weighted by atomic mass is 10.00. The maximum atomic E-state index is 12.5. The summed E-state index contributed by atoms with van der Waals surface area (Å²) in [5.41, 5.74) is 0. The SMILES string of the molecule is CCCCCC/C=C\CCCCCCCCC(O)C(=O)NC(CO)C(O)C(O)CCC/C=C/CC/C=C/CCCCCCCCCCC. The van der Waals surface area contributed by atoms with Gasteiger partial charge in [-0.3, -0.25) is 4.79 Å². The predicted octanol–water partition coefficient (Wildman–Crippen LogP) is 10.2. The first-order chi connectivity index (χ1) is 23.5.